The number of nitrogens with one attached hydrogen (secondary N) is 1. The molecule has 90 valence electrons. The van der Waals surface area contributed by atoms with Gasteiger partial charge in [0, 0.05) is 24.0 Å². The second-order valence-corrected chi connectivity index (χ2v) is 5.52. The van der Waals surface area contributed by atoms with Crippen molar-refractivity contribution in [1.29, 1.82) is 0 Å². The van der Waals surface area contributed by atoms with Crippen LogP contribution in [0.3, 0.4) is 0 Å². The summed E-state index contributed by atoms with van der Waals surface area (Å²) in [5, 5.41) is 3.34. The van der Waals surface area contributed by atoms with Crippen LogP contribution in [0.4, 0.5) is 0 Å². The van der Waals surface area contributed by atoms with Crippen LogP contribution in [0.2, 0.25) is 0 Å². The van der Waals surface area contributed by atoms with Crippen molar-refractivity contribution in [2.75, 3.05) is 7.05 Å². The fourth-order valence-electron chi connectivity index (χ4n) is 1.62. The molecular formula is C13H23N3. The molecule has 0 saturated heterocycles. The normalized spacial score (nSPS) is 15.8. The Morgan fingerprint density at radius 1 is 1.25 bits per heavy atom. The topological polar surface area (TPSA) is 37.8 Å². The second kappa shape index (κ2) is 5.39. The quantitative estimate of drug-likeness (QED) is 0.849. The molecule has 2 atom stereocenters. The van der Waals surface area contributed by atoms with Gasteiger partial charge in [-0.05, 0) is 24.8 Å². The predicted molar refractivity (Wildman–Crippen MR) is 67.1 cm³/mol. The van der Waals surface area contributed by atoms with Gasteiger partial charge in [-0.25, -0.2) is 9.97 Å². The third kappa shape index (κ3) is 3.56. The standard InChI is InChI=1S/C13H23N3/c1-10(13(2,3)4)6-12(14-5)11-7-15-9-16-8-11/h7-10,12,14H,6H2,1-5H3. The summed E-state index contributed by atoms with van der Waals surface area (Å²) in [6.45, 7) is 9.15. The highest BCUT2D eigenvalue weighted by atomic mass is 14.9. The molecule has 1 rings (SSSR count). The zero-order valence-electron chi connectivity index (χ0n) is 11.0. The van der Waals surface area contributed by atoms with Crippen LogP contribution in [-0.2, 0) is 0 Å². The average Bonchev–Trinajstić information content (AvgIpc) is 2.25. The fraction of sp³-hybridized carbons (Fsp3) is 0.692. The molecule has 0 fully saturated rings. The van der Waals surface area contributed by atoms with Crippen molar-refractivity contribution in [3.63, 3.8) is 0 Å². The highest BCUT2D eigenvalue weighted by Gasteiger charge is 2.23. The zero-order chi connectivity index (χ0) is 12.2. The second-order valence-electron chi connectivity index (χ2n) is 5.52. The van der Waals surface area contributed by atoms with Crippen LogP contribution in [0, 0.1) is 11.3 Å². The van der Waals surface area contributed by atoms with Crippen molar-refractivity contribution in [2.24, 2.45) is 11.3 Å². The molecule has 1 heterocycles. The molecule has 3 nitrogen and oxygen atoms in total. The minimum atomic E-state index is 0.338. The Bertz CT molecular complexity index is 303. The number of hydrogen-bond donors (Lipinski definition) is 1. The molecule has 0 saturated carbocycles. The molecule has 0 aliphatic rings. The van der Waals surface area contributed by atoms with E-state index in [2.05, 4.69) is 43.0 Å². The van der Waals surface area contributed by atoms with Gasteiger partial charge in [0.15, 0.2) is 0 Å². The van der Waals surface area contributed by atoms with E-state index in [0.29, 0.717) is 17.4 Å². The molecule has 16 heavy (non-hydrogen) atoms. The van der Waals surface area contributed by atoms with E-state index in [1.807, 2.05) is 19.4 Å². The molecule has 0 amide bonds. The van der Waals surface area contributed by atoms with Gasteiger partial charge in [0.1, 0.15) is 6.33 Å². The third-order valence-corrected chi connectivity index (χ3v) is 3.40. The van der Waals surface area contributed by atoms with Gasteiger partial charge in [-0.2, -0.15) is 0 Å². The summed E-state index contributed by atoms with van der Waals surface area (Å²) < 4.78 is 0. The largest absolute Gasteiger partial charge is 0.313 e. The van der Waals surface area contributed by atoms with E-state index in [9.17, 15) is 0 Å². The summed E-state index contributed by atoms with van der Waals surface area (Å²) in [6, 6.07) is 0.343. The monoisotopic (exact) mass is 221 g/mol. The summed E-state index contributed by atoms with van der Waals surface area (Å²) in [6.07, 6.45) is 6.46. The van der Waals surface area contributed by atoms with E-state index >= 15 is 0 Å². The maximum atomic E-state index is 4.07. The molecular weight excluding hydrogens is 198 g/mol. The Hall–Kier alpha value is -0.960. The Morgan fingerprint density at radius 3 is 2.25 bits per heavy atom. The fourth-order valence-corrected chi connectivity index (χ4v) is 1.62. The van der Waals surface area contributed by atoms with Crippen LogP contribution in [-0.4, -0.2) is 17.0 Å². The van der Waals surface area contributed by atoms with Gasteiger partial charge in [0.05, 0.1) is 0 Å². The Labute approximate surface area is 98.7 Å². The van der Waals surface area contributed by atoms with Crippen molar-refractivity contribution in [3.8, 4) is 0 Å². The summed E-state index contributed by atoms with van der Waals surface area (Å²) in [5.41, 5.74) is 1.51. The van der Waals surface area contributed by atoms with E-state index in [1.165, 1.54) is 5.56 Å². The summed E-state index contributed by atoms with van der Waals surface area (Å²) in [7, 11) is 1.99. The highest BCUT2D eigenvalue weighted by molar-refractivity contribution is 5.09. The van der Waals surface area contributed by atoms with Gasteiger partial charge in [-0.1, -0.05) is 27.7 Å². The number of nitrogens with zero attached hydrogens (tertiary/aromatic N) is 2. The number of hydrogen-bond acceptors (Lipinski definition) is 3. The molecule has 2 unspecified atom stereocenters. The van der Waals surface area contributed by atoms with Gasteiger partial charge >= 0.3 is 0 Å². The minimum absolute atomic E-state index is 0.338. The molecule has 1 aromatic rings. The van der Waals surface area contributed by atoms with Crippen molar-refractivity contribution >= 4 is 0 Å². The molecule has 0 spiro atoms. The van der Waals surface area contributed by atoms with Crippen LogP contribution in [0.15, 0.2) is 18.7 Å². The molecule has 0 aliphatic heterocycles. The van der Waals surface area contributed by atoms with Gasteiger partial charge < -0.3 is 5.32 Å². The summed E-state index contributed by atoms with van der Waals surface area (Å²) in [4.78, 5) is 8.14. The molecule has 1 N–H and O–H groups in total. The first kappa shape index (κ1) is 13.1. The molecule has 1 aromatic heterocycles. The van der Waals surface area contributed by atoms with Crippen molar-refractivity contribution < 1.29 is 0 Å². The van der Waals surface area contributed by atoms with E-state index in [4.69, 9.17) is 0 Å². The van der Waals surface area contributed by atoms with Gasteiger partial charge in [-0.3, -0.25) is 0 Å². The van der Waals surface area contributed by atoms with Crippen LogP contribution < -0.4 is 5.32 Å². The van der Waals surface area contributed by atoms with Crippen molar-refractivity contribution in [3.05, 3.63) is 24.3 Å². The Kier molecular flexibility index (Phi) is 4.42. The summed E-state index contributed by atoms with van der Waals surface area (Å²) in [5.74, 6) is 0.644. The van der Waals surface area contributed by atoms with E-state index in [1.54, 1.807) is 6.33 Å². The number of rotatable bonds is 4. The zero-order valence-corrected chi connectivity index (χ0v) is 11.0. The highest BCUT2D eigenvalue weighted by Crippen LogP contribution is 2.32. The maximum absolute atomic E-state index is 4.07. The first-order chi connectivity index (χ1) is 7.45. The third-order valence-electron chi connectivity index (χ3n) is 3.40. The molecule has 0 aliphatic carbocycles. The van der Waals surface area contributed by atoms with Crippen molar-refractivity contribution in [1.82, 2.24) is 15.3 Å². The average molecular weight is 221 g/mol. The van der Waals surface area contributed by atoms with Crippen LogP contribution in [0.5, 0.6) is 0 Å². The van der Waals surface area contributed by atoms with Gasteiger partial charge in [0.25, 0.3) is 0 Å². The smallest absolute Gasteiger partial charge is 0.115 e. The number of aromatic nitrogens is 2. The molecule has 0 aromatic carbocycles. The maximum Gasteiger partial charge on any atom is 0.115 e. The first-order valence-electron chi connectivity index (χ1n) is 5.87. The van der Waals surface area contributed by atoms with E-state index < -0.39 is 0 Å². The summed E-state index contributed by atoms with van der Waals surface area (Å²) >= 11 is 0. The lowest BCUT2D eigenvalue weighted by molar-refractivity contribution is 0.226. The minimum Gasteiger partial charge on any atom is -0.313 e. The van der Waals surface area contributed by atoms with Crippen LogP contribution >= 0.6 is 0 Å². The van der Waals surface area contributed by atoms with Crippen LogP contribution in [0.25, 0.3) is 0 Å². The van der Waals surface area contributed by atoms with Crippen LogP contribution in [0.1, 0.15) is 45.7 Å². The van der Waals surface area contributed by atoms with Gasteiger partial charge in [-0.15, -0.1) is 0 Å². The van der Waals surface area contributed by atoms with E-state index in [0.717, 1.165) is 6.42 Å². The van der Waals surface area contributed by atoms with Gasteiger partial charge in [0.2, 0.25) is 0 Å². The predicted octanol–water partition coefficient (Wildman–Crippen LogP) is 2.81. The Morgan fingerprint density at radius 2 is 1.81 bits per heavy atom. The molecule has 3 heteroatoms. The lowest BCUT2D eigenvalue weighted by Crippen LogP contribution is -2.25. The SMILES string of the molecule is CNC(CC(C)C(C)(C)C)c1cncnc1. The van der Waals surface area contributed by atoms with E-state index in [-0.39, 0.29) is 0 Å². The first-order valence-corrected chi connectivity index (χ1v) is 5.87. The molecule has 0 bridgehead atoms. The Balaban J connectivity index is 2.70. The lowest BCUT2D eigenvalue weighted by Gasteiger charge is -2.30. The molecule has 0 radical (unpaired) electrons. The van der Waals surface area contributed by atoms with Crippen molar-refractivity contribution in [2.45, 2.75) is 40.2 Å². The lowest BCUT2D eigenvalue weighted by atomic mass is 9.78.